The molecule has 1 aromatic heterocycles. The van der Waals surface area contributed by atoms with Crippen molar-refractivity contribution in [2.75, 3.05) is 10.3 Å². The Bertz CT molecular complexity index is 1480. The zero-order valence-corrected chi connectivity index (χ0v) is 20.0. The largest absolute Gasteiger partial charge is 0.438 e. The molecule has 9 heteroatoms. The summed E-state index contributed by atoms with van der Waals surface area (Å²) in [7, 11) is 0. The van der Waals surface area contributed by atoms with Crippen LogP contribution < -0.4 is 20.5 Å². The van der Waals surface area contributed by atoms with Crippen LogP contribution in [0.3, 0.4) is 0 Å². The van der Waals surface area contributed by atoms with Gasteiger partial charge in [0.25, 0.3) is 5.91 Å². The van der Waals surface area contributed by atoms with E-state index >= 15 is 0 Å². The number of hydrazine groups is 1. The molecule has 1 aliphatic heterocycles. The zero-order chi connectivity index (χ0) is 25.9. The van der Waals surface area contributed by atoms with Gasteiger partial charge in [-0.1, -0.05) is 18.2 Å². The number of amides is 3. The molecule has 0 radical (unpaired) electrons. The third-order valence-corrected chi connectivity index (χ3v) is 6.45. The minimum Gasteiger partial charge on any atom is -0.438 e. The molecule has 2 heterocycles. The molecule has 2 atom stereocenters. The van der Waals surface area contributed by atoms with Gasteiger partial charge >= 0.3 is 0 Å². The monoisotopic (exact) mass is 493 g/mol. The fourth-order valence-corrected chi connectivity index (χ4v) is 4.47. The Morgan fingerprint density at radius 1 is 1.11 bits per heavy atom. The van der Waals surface area contributed by atoms with Crippen LogP contribution >= 0.6 is 0 Å². The van der Waals surface area contributed by atoms with E-state index in [1.165, 1.54) is 5.01 Å². The number of carbonyl (C=O) groups excluding carboxylic acids is 3. The van der Waals surface area contributed by atoms with Crippen molar-refractivity contribution in [1.29, 1.82) is 5.26 Å². The Labute approximate surface area is 213 Å². The first-order valence-corrected chi connectivity index (χ1v) is 11.8. The first kappa shape index (κ1) is 23.8. The van der Waals surface area contributed by atoms with Gasteiger partial charge in [0.15, 0.2) is 0 Å². The average molecular weight is 494 g/mol. The molecule has 9 nitrogen and oxygen atoms in total. The second-order valence-electron chi connectivity index (χ2n) is 8.86. The standard InChI is InChI=1S/C28H23N5O4/c1-17-14-21(37-27-19(16-29)7-5-13-30-27)11-12-24(17)31-25(34)18-6-4-8-20(15-18)33-28(36)23-10-3-2-9-22(23)26(35)32-33/h2-8,11-15,22-23H,9-10H2,1H3,(H,31,34)(H,32,35)/t22-,23+/m0/s1. The number of hydrogen-bond acceptors (Lipinski definition) is 6. The van der Waals surface area contributed by atoms with Crippen molar-refractivity contribution < 1.29 is 19.1 Å². The fraction of sp³-hybridized carbons (Fsp3) is 0.179. The van der Waals surface area contributed by atoms with Crippen LogP contribution in [0.2, 0.25) is 0 Å². The SMILES string of the molecule is Cc1cc(Oc2ncccc2C#N)ccc1NC(=O)c1cccc(N2NC(=O)[C@H]3CC=CC[C@H]3C2=O)c1. The molecular formula is C28H23N5O4. The van der Waals surface area contributed by atoms with Crippen molar-refractivity contribution in [3.05, 3.63) is 89.6 Å². The molecule has 1 saturated heterocycles. The van der Waals surface area contributed by atoms with Gasteiger partial charge in [-0.3, -0.25) is 19.8 Å². The van der Waals surface area contributed by atoms with E-state index in [0.29, 0.717) is 41.1 Å². The Kier molecular flexibility index (Phi) is 6.39. The lowest BCUT2D eigenvalue weighted by atomic mass is 9.80. The van der Waals surface area contributed by atoms with Crippen LogP contribution in [0.15, 0.2) is 72.9 Å². The number of rotatable bonds is 5. The van der Waals surface area contributed by atoms with Crippen LogP contribution in [-0.4, -0.2) is 22.7 Å². The summed E-state index contributed by atoms with van der Waals surface area (Å²) in [5.41, 5.74) is 5.06. The van der Waals surface area contributed by atoms with Gasteiger partial charge in [0.1, 0.15) is 17.4 Å². The Morgan fingerprint density at radius 3 is 2.70 bits per heavy atom. The lowest BCUT2D eigenvalue weighted by Gasteiger charge is -2.38. The number of nitrogens with one attached hydrogen (secondary N) is 2. The minimum atomic E-state index is -0.407. The Hall–Kier alpha value is -4.97. The van der Waals surface area contributed by atoms with Crippen LogP contribution in [0.1, 0.15) is 34.3 Å². The van der Waals surface area contributed by atoms with Gasteiger partial charge in [-0.15, -0.1) is 0 Å². The highest BCUT2D eigenvalue weighted by Gasteiger charge is 2.42. The number of carbonyl (C=O) groups is 3. The average Bonchev–Trinajstić information content (AvgIpc) is 2.92. The van der Waals surface area contributed by atoms with Gasteiger partial charge in [-0.05, 0) is 73.9 Å². The topological polar surface area (TPSA) is 124 Å². The van der Waals surface area contributed by atoms with E-state index in [-0.39, 0.29) is 29.5 Å². The fourth-order valence-electron chi connectivity index (χ4n) is 4.47. The van der Waals surface area contributed by atoms with E-state index in [2.05, 4.69) is 15.7 Å². The lowest BCUT2D eigenvalue weighted by molar-refractivity contribution is -0.139. The van der Waals surface area contributed by atoms with Crippen LogP contribution in [0.4, 0.5) is 11.4 Å². The number of nitrogens with zero attached hydrogens (tertiary/aromatic N) is 3. The van der Waals surface area contributed by atoms with E-state index in [1.807, 2.05) is 25.1 Å². The molecule has 184 valence electrons. The smallest absolute Gasteiger partial charge is 0.255 e. The third-order valence-electron chi connectivity index (χ3n) is 6.45. The molecular weight excluding hydrogens is 470 g/mol. The summed E-state index contributed by atoms with van der Waals surface area (Å²) in [6, 6.07) is 17.0. The van der Waals surface area contributed by atoms with Crippen LogP contribution in [0.25, 0.3) is 0 Å². The number of aromatic nitrogens is 1. The van der Waals surface area contributed by atoms with E-state index in [0.717, 1.165) is 5.56 Å². The summed E-state index contributed by atoms with van der Waals surface area (Å²) in [4.78, 5) is 42.8. The molecule has 1 fully saturated rings. The summed E-state index contributed by atoms with van der Waals surface area (Å²) < 4.78 is 5.74. The van der Waals surface area contributed by atoms with Crippen molar-refractivity contribution >= 4 is 29.1 Å². The maximum Gasteiger partial charge on any atom is 0.255 e. The number of anilines is 2. The maximum atomic E-state index is 13.1. The van der Waals surface area contributed by atoms with Gasteiger partial charge in [-0.25, -0.2) is 9.99 Å². The van der Waals surface area contributed by atoms with Crippen LogP contribution in [0, 0.1) is 30.1 Å². The number of fused-ring (bicyclic) bond motifs is 1. The molecule has 1 aliphatic carbocycles. The van der Waals surface area contributed by atoms with Crippen molar-refractivity contribution in [3.63, 3.8) is 0 Å². The molecule has 3 aromatic rings. The van der Waals surface area contributed by atoms with Crippen molar-refractivity contribution in [1.82, 2.24) is 10.4 Å². The predicted molar refractivity (Wildman–Crippen MR) is 136 cm³/mol. The summed E-state index contributed by atoms with van der Waals surface area (Å²) in [5.74, 6) is -0.853. The second kappa shape index (κ2) is 9.95. The van der Waals surface area contributed by atoms with Gasteiger partial charge in [0.05, 0.1) is 17.5 Å². The molecule has 0 saturated carbocycles. The molecule has 5 rings (SSSR count). The number of pyridine rings is 1. The Morgan fingerprint density at radius 2 is 1.92 bits per heavy atom. The number of benzene rings is 2. The van der Waals surface area contributed by atoms with Gasteiger partial charge < -0.3 is 10.1 Å². The van der Waals surface area contributed by atoms with E-state index in [1.54, 1.807) is 60.8 Å². The predicted octanol–water partition coefficient (Wildman–Crippen LogP) is 4.27. The van der Waals surface area contributed by atoms with Gasteiger partial charge in [0, 0.05) is 17.4 Å². The van der Waals surface area contributed by atoms with E-state index in [4.69, 9.17) is 4.74 Å². The van der Waals surface area contributed by atoms with Crippen molar-refractivity contribution in [2.24, 2.45) is 11.8 Å². The quantitative estimate of drug-likeness (QED) is 0.512. The molecule has 37 heavy (non-hydrogen) atoms. The molecule has 2 aromatic carbocycles. The molecule has 0 unspecified atom stereocenters. The number of hydrogen-bond donors (Lipinski definition) is 2. The highest BCUT2D eigenvalue weighted by Crippen LogP contribution is 2.33. The summed E-state index contributed by atoms with van der Waals surface area (Å²) in [5, 5.41) is 13.3. The first-order valence-electron chi connectivity index (χ1n) is 11.8. The summed E-state index contributed by atoms with van der Waals surface area (Å²) in [6.45, 7) is 1.82. The second-order valence-corrected chi connectivity index (χ2v) is 8.86. The maximum absolute atomic E-state index is 13.1. The molecule has 2 aliphatic rings. The summed E-state index contributed by atoms with van der Waals surface area (Å²) in [6.07, 6.45) is 6.46. The highest BCUT2D eigenvalue weighted by atomic mass is 16.5. The van der Waals surface area contributed by atoms with Crippen LogP contribution in [-0.2, 0) is 9.59 Å². The van der Waals surface area contributed by atoms with Crippen molar-refractivity contribution in [3.8, 4) is 17.7 Å². The number of ether oxygens (including phenoxy) is 1. The van der Waals surface area contributed by atoms with Crippen LogP contribution in [0.5, 0.6) is 11.6 Å². The number of nitriles is 1. The summed E-state index contributed by atoms with van der Waals surface area (Å²) >= 11 is 0. The Balaban J connectivity index is 1.31. The third kappa shape index (κ3) is 4.77. The molecule has 2 N–H and O–H groups in total. The van der Waals surface area contributed by atoms with Gasteiger partial charge in [-0.2, -0.15) is 5.26 Å². The van der Waals surface area contributed by atoms with Crippen molar-refractivity contribution in [2.45, 2.75) is 19.8 Å². The van der Waals surface area contributed by atoms with E-state index < -0.39 is 5.92 Å². The zero-order valence-electron chi connectivity index (χ0n) is 20.0. The van der Waals surface area contributed by atoms with Gasteiger partial charge in [0.2, 0.25) is 17.7 Å². The molecule has 0 spiro atoms. The van der Waals surface area contributed by atoms with E-state index in [9.17, 15) is 19.6 Å². The lowest BCUT2D eigenvalue weighted by Crippen LogP contribution is -2.59. The number of allylic oxidation sites excluding steroid dienone is 2. The minimum absolute atomic E-state index is 0.189. The normalized spacial score (nSPS) is 18.4. The molecule has 0 bridgehead atoms. The number of aryl methyl sites for hydroxylation is 1. The highest BCUT2D eigenvalue weighted by molar-refractivity contribution is 6.07. The first-order chi connectivity index (χ1) is 17.9. The molecule has 3 amide bonds.